The van der Waals surface area contributed by atoms with Crippen LogP contribution in [0.5, 0.6) is 5.88 Å². The van der Waals surface area contributed by atoms with E-state index in [0.717, 1.165) is 36.7 Å². The van der Waals surface area contributed by atoms with Gasteiger partial charge >= 0.3 is 5.82 Å². The van der Waals surface area contributed by atoms with Crippen molar-refractivity contribution in [2.75, 3.05) is 25.1 Å². The van der Waals surface area contributed by atoms with Crippen LogP contribution in [0.3, 0.4) is 0 Å². The molecule has 222 valence electrons. The lowest BCUT2D eigenvalue weighted by Crippen LogP contribution is -2.48. The van der Waals surface area contributed by atoms with Gasteiger partial charge in [0.05, 0.1) is 18.3 Å². The predicted octanol–water partition coefficient (Wildman–Crippen LogP) is 4.77. The summed E-state index contributed by atoms with van der Waals surface area (Å²) in [5, 5.41) is 11.3. The normalized spacial score (nSPS) is 16.5. The van der Waals surface area contributed by atoms with Gasteiger partial charge in [-0.25, -0.2) is 13.8 Å². The van der Waals surface area contributed by atoms with E-state index < -0.39 is 16.6 Å². The van der Waals surface area contributed by atoms with Gasteiger partial charge in [0.1, 0.15) is 0 Å². The zero-order chi connectivity index (χ0) is 30.1. The third kappa shape index (κ3) is 5.70. The number of pyridine rings is 3. The summed E-state index contributed by atoms with van der Waals surface area (Å²) in [5.74, 6) is -1.69. The monoisotopic (exact) mass is 588 g/mol. The van der Waals surface area contributed by atoms with Crippen LogP contribution in [0.2, 0.25) is 0 Å². The molecule has 0 N–H and O–H groups in total. The number of allylic oxidation sites excluding steroid dienone is 2. The van der Waals surface area contributed by atoms with Gasteiger partial charge in [-0.05, 0) is 52.9 Å². The van der Waals surface area contributed by atoms with Crippen molar-refractivity contribution in [2.24, 2.45) is 0 Å². The molecule has 0 aliphatic carbocycles. The Morgan fingerprint density at radius 2 is 2.02 bits per heavy atom. The number of hydrogen-bond acceptors (Lipinski definition) is 8. The number of benzene rings is 1. The minimum absolute atomic E-state index is 0.00254. The lowest BCUT2D eigenvalue weighted by molar-refractivity contribution is -0.389. The van der Waals surface area contributed by atoms with Crippen molar-refractivity contribution in [3.8, 4) is 5.88 Å². The Morgan fingerprint density at radius 1 is 1.16 bits per heavy atom. The van der Waals surface area contributed by atoms with E-state index in [-0.39, 0.29) is 41.2 Å². The zero-order valence-corrected chi connectivity index (χ0v) is 23.6. The van der Waals surface area contributed by atoms with Crippen LogP contribution in [-0.4, -0.2) is 50.6 Å². The van der Waals surface area contributed by atoms with E-state index in [2.05, 4.69) is 19.8 Å². The molecular formula is C31H30F2N6O4. The summed E-state index contributed by atoms with van der Waals surface area (Å²) >= 11 is 0. The van der Waals surface area contributed by atoms with Crippen molar-refractivity contribution in [3.05, 3.63) is 110 Å². The van der Waals surface area contributed by atoms with Crippen molar-refractivity contribution < 1.29 is 18.4 Å². The van der Waals surface area contributed by atoms with Crippen molar-refractivity contribution in [3.63, 3.8) is 0 Å². The summed E-state index contributed by atoms with van der Waals surface area (Å²) in [6, 6.07) is 7.87. The number of methoxy groups -OCH3 is 1. The molecule has 10 nitrogen and oxygen atoms in total. The van der Waals surface area contributed by atoms with Crippen molar-refractivity contribution in [1.29, 1.82) is 0 Å². The maximum atomic E-state index is 14.8. The fourth-order valence-electron chi connectivity index (χ4n) is 6.08. The Balaban J connectivity index is 1.37. The molecule has 1 saturated heterocycles. The van der Waals surface area contributed by atoms with Gasteiger partial charge in [0.15, 0.2) is 23.3 Å². The highest BCUT2D eigenvalue weighted by Crippen LogP contribution is 2.29. The second kappa shape index (κ2) is 11.9. The average Bonchev–Trinajstić information content (AvgIpc) is 3.24. The Hall–Kier alpha value is -4.71. The fourth-order valence-corrected chi connectivity index (χ4v) is 6.08. The number of nitrogens with zero attached hydrogens (tertiary/aromatic N) is 6. The van der Waals surface area contributed by atoms with E-state index in [1.165, 1.54) is 12.3 Å². The first kappa shape index (κ1) is 28.4. The lowest BCUT2D eigenvalue weighted by atomic mass is 10.0. The number of hydrogen-bond donors (Lipinski definition) is 0. The molecule has 1 atom stereocenters. The lowest BCUT2D eigenvalue weighted by Gasteiger charge is -2.40. The predicted molar refractivity (Wildman–Crippen MR) is 157 cm³/mol. The van der Waals surface area contributed by atoms with Gasteiger partial charge < -0.3 is 24.3 Å². The summed E-state index contributed by atoms with van der Waals surface area (Å²) in [4.78, 5) is 37.0. The van der Waals surface area contributed by atoms with Gasteiger partial charge in [0.25, 0.3) is 0 Å². The first-order chi connectivity index (χ1) is 20.8. The van der Waals surface area contributed by atoms with Gasteiger partial charge in [-0.3, -0.25) is 9.69 Å². The molecule has 1 aromatic carbocycles. The molecule has 2 aliphatic heterocycles. The molecule has 12 heteroatoms. The second-order valence-electron chi connectivity index (χ2n) is 10.8. The van der Waals surface area contributed by atoms with E-state index in [1.807, 2.05) is 22.8 Å². The maximum Gasteiger partial charge on any atom is 0.363 e. The molecule has 6 rings (SSSR count). The number of ether oxygens (including phenoxy) is 1. The molecule has 1 fully saturated rings. The first-order valence-corrected chi connectivity index (χ1v) is 14.1. The number of rotatable bonds is 8. The zero-order valence-electron chi connectivity index (χ0n) is 23.6. The smallest absolute Gasteiger partial charge is 0.363 e. The first-order valence-electron chi connectivity index (χ1n) is 14.1. The van der Waals surface area contributed by atoms with Gasteiger partial charge in [0.2, 0.25) is 5.88 Å². The van der Waals surface area contributed by atoms with E-state index in [1.54, 1.807) is 31.6 Å². The molecule has 0 saturated carbocycles. The molecule has 0 bridgehead atoms. The van der Waals surface area contributed by atoms with E-state index in [0.29, 0.717) is 36.6 Å². The standard InChI is InChI=1S/C31H30F2N6O4/c1-43-28-13-20(9-10-34-28)16-38(23-5-4-12-36(19-23)22-7-8-27(35-15-22)39(41)42)18-21-17-37-11-3-2-6-24-29(33)26(32)14-25(30(24)37)31(21)40/h2-3,7-10,13-15,17,23H,4-6,11-12,16,18-19H2,1H3/t23-/m0/s1. The Morgan fingerprint density at radius 3 is 2.79 bits per heavy atom. The quantitative estimate of drug-likeness (QED) is 0.165. The summed E-state index contributed by atoms with van der Waals surface area (Å²) in [7, 11) is 1.55. The van der Waals surface area contributed by atoms with Gasteiger partial charge in [0, 0.05) is 79.8 Å². The van der Waals surface area contributed by atoms with Crippen molar-refractivity contribution >= 4 is 22.4 Å². The number of anilines is 1. The highest BCUT2D eigenvalue weighted by atomic mass is 19.2. The highest BCUT2D eigenvalue weighted by Gasteiger charge is 2.29. The van der Waals surface area contributed by atoms with Crippen LogP contribution >= 0.6 is 0 Å². The molecule has 0 spiro atoms. The van der Waals surface area contributed by atoms with Crippen LogP contribution in [0.1, 0.15) is 29.5 Å². The SMILES string of the molecule is COc1cc(CN(Cc2cn3c4c(c(F)c(F)cc4c2=O)CC=CC3)[C@H]2CCCN(c3ccc([N+](=O)[O-])nc3)C2)ccn1. The summed E-state index contributed by atoms with van der Waals surface area (Å²) < 4.78 is 36.6. The van der Waals surface area contributed by atoms with Crippen LogP contribution in [0, 0.1) is 21.7 Å². The molecule has 5 heterocycles. The van der Waals surface area contributed by atoms with Gasteiger partial charge in [-0.2, -0.15) is 0 Å². The van der Waals surface area contributed by atoms with Gasteiger partial charge in [-0.15, -0.1) is 0 Å². The minimum Gasteiger partial charge on any atom is -0.481 e. The topological polar surface area (TPSA) is 107 Å². The van der Waals surface area contributed by atoms with Crippen LogP contribution in [0.4, 0.5) is 20.3 Å². The Bertz CT molecular complexity index is 1780. The van der Waals surface area contributed by atoms with Crippen molar-refractivity contribution in [2.45, 2.75) is 44.9 Å². The summed E-state index contributed by atoms with van der Waals surface area (Å²) in [5.41, 5.74) is 2.50. The van der Waals surface area contributed by atoms with Gasteiger partial charge in [-0.1, -0.05) is 12.2 Å². The highest BCUT2D eigenvalue weighted by molar-refractivity contribution is 5.84. The largest absolute Gasteiger partial charge is 0.481 e. The summed E-state index contributed by atoms with van der Waals surface area (Å²) in [6.07, 6.45) is 10.6. The van der Waals surface area contributed by atoms with Crippen molar-refractivity contribution in [1.82, 2.24) is 19.4 Å². The average molecular weight is 589 g/mol. The van der Waals surface area contributed by atoms with Crippen LogP contribution in [-0.2, 0) is 26.1 Å². The molecule has 43 heavy (non-hydrogen) atoms. The van der Waals surface area contributed by atoms with E-state index >= 15 is 0 Å². The van der Waals surface area contributed by atoms with E-state index in [4.69, 9.17) is 4.74 Å². The summed E-state index contributed by atoms with van der Waals surface area (Å²) in [6.45, 7) is 2.56. The number of aromatic nitrogens is 3. The molecule has 3 aromatic heterocycles. The van der Waals surface area contributed by atoms with E-state index in [9.17, 15) is 23.7 Å². The molecule has 0 unspecified atom stereocenters. The third-order valence-electron chi connectivity index (χ3n) is 8.18. The Labute approximate surface area is 246 Å². The molecule has 0 radical (unpaired) electrons. The second-order valence-corrected chi connectivity index (χ2v) is 10.8. The van der Waals surface area contributed by atoms with Crippen LogP contribution in [0.15, 0.2) is 65.9 Å². The number of nitro groups is 1. The van der Waals surface area contributed by atoms with Crippen LogP contribution in [0.25, 0.3) is 10.9 Å². The minimum atomic E-state index is -1.03. The van der Waals surface area contributed by atoms with Crippen LogP contribution < -0.4 is 15.1 Å². The Kier molecular flexibility index (Phi) is 7.85. The molecule has 4 aromatic rings. The maximum absolute atomic E-state index is 14.8. The fraction of sp³-hybridized carbons (Fsp3) is 0.323. The molecular weight excluding hydrogens is 558 g/mol. The molecule has 2 aliphatic rings. The number of piperidine rings is 1. The number of halogens is 2. The molecule has 0 amide bonds. The third-order valence-corrected chi connectivity index (χ3v) is 8.18.